The second-order valence-electron chi connectivity index (χ2n) is 6.82. The molecule has 0 aromatic carbocycles. The van der Waals surface area contributed by atoms with Gasteiger partial charge in [0.25, 0.3) is 0 Å². The smallest absolute Gasteiger partial charge is 0.410 e. The van der Waals surface area contributed by atoms with Crippen LogP contribution in [0.3, 0.4) is 0 Å². The summed E-state index contributed by atoms with van der Waals surface area (Å²) >= 11 is 0. The molecule has 1 aromatic rings. The van der Waals surface area contributed by atoms with E-state index < -0.39 is 16.4 Å². The summed E-state index contributed by atoms with van der Waals surface area (Å²) in [4.78, 5) is 22.4. The quantitative estimate of drug-likeness (QED) is 0.792. The highest BCUT2D eigenvalue weighted by Crippen LogP contribution is 2.22. The minimum Gasteiger partial charge on any atom is -0.444 e. The molecule has 2 atom stereocenters. The Balaban J connectivity index is 2.06. The fourth-order valence-electron chi connectivity index (χ4n) is 2.52. The van der Waals surface area contributed by atoms with Crippen molar-refractivity contribution in [2.24, 2.45) is 0 Å². The molecule has 1 aliphatic heterocycles. The van der Waals surface area contributed by atoms with Gasteiger partial charge in [-0.1, -0.05) is 0 Å². The van der Waals surface area contributed by atoms with Crippen molar-refractivity contribution in [3.8, 4) is 0 Å². The maximum absolute atomic E-state index is 12.5. The van der Waals surface area contributed by atoms with Crippen LogP contribution in [-0.4, -0.2) is 49.1 Å². The number of nitrogens with zero attached hydrogens (tertiary/aromatic N) is 3. The summed E-state index contributed by atoms with van der Waals surface area (Å²) in [6, 6.07) is 1.68. The van der Waals surface area contributed by atoms with Crippen LogP contribution in [0.15, 0.2) is 17.4 Å². The van der Waals surface area contributed by atoms with Gasteiger partial charge in [0.2, 0.25) is 5.16 Å². The van der Waals surface area contributed by atoms with Crippen LogP contribution in [-0.2, 0) is 15.5 Å². The number of carbonyl (C=O) groups excluding carboxylic acids is 1. The third-order valence-electron chi connectivity index (χ3n) is 3.58. The van der Waals surface area contributed by atoms with Crippen LogP contribution >= 0.6 is 0 Å². The number of hydrogen-bond donors (Lipinski definition) is 0. The SMILES string of the molecule is Cc1ccnc([S@@](=O)C[C@H]2CCCCN2C(=O)OC(C)(C)C)n1. The summed E-state index contributed by atoms with van der Waals surface area (Å²) in [5, 5.41) is 0.333. The predicted octanol–water partition coefficient (Wildman–Crippen LogP) is 2.68. The Morgan fingerprint density at radius 1 is 1.43 bits per heavy atom. The summed E-state index contributed by atoms with van der Waals surface area (Å²) in [7, 11) is -1.32. The Hall–Kier alpha value is -1.50. The number of piperidine rings is 1. The minimum absolute atomic E-state index is 0.0939. The minimum atomic E-state index is -1.32. The lowest BCUT2D eigenvalue weighted by atomic mass is 10.0. The molecule has 0 unspecified atom stereocenters. The van der Waals surface area contributed by atoms with E-state index in [0.717, 1.165) is 25.0 Å². The molecule has 7 heteroatoms. The number of hydrogen-bond acceptors (Lipinski definition) is 5. The average Bonchev–Trinajstić information content (AvgIpc) is 2.46. The van der Waals surface area contributed by atoms with Crippen molar-refractivity contribution in [2.45, 2.75) is 63.8 Å². The van der Waals surface area contributed by atoms with E-state index in [1.807, 2.05) is 27.7 Å². The first-order chi connectivity index (χ1) is 10.8. The zero-order valence-electron chi connectivity index (χ0n) is 14.2. The highest BCUT2D eigenvalue weighted by Gasteiger charge is 2.32. The zero-order valence-corrected chi connectivity index (χ0v) is 15.1. The molecule has 6 nitrogen and oxygen atoms in total. The summed E-state index contributed by atoms with van der Waals surface area (Å²) in [6.45, 7) is 8.04. The lowest BCUT2D eigenvalue weighted by molar-refractivity contribution is 0.0125. The fraction of sp³-hybridized carbons (Fsp3) is 0.688. The summed E-state index contributed by atoms with van der Waals surface area (Å²) in [6.07, 6.45) is 4.09. The van der Waals surface area contributed by atoms with E-state index >= 15 is 0 Å². The van der Waals surface area contributed by atoms with Crippen molar-refractivity contribution < 1.29 is 13.7 Å². The highest BCUT2D eigenvalue weighted by molar-refractivity contribution is 7.84. The van der Waals surface area contributed by atoms with Crippen LogP contribution in [0.4, 0.5) is 4.79 Å². The van der Waals surface area contributed by atoms with Gasteiger partial charge in [0, 0.05) is 24.5 Å². The molecule has 1 fully saturated rings. The van der Waals surface area contributed by atoms with E-state index in [-0.39, 0.29) is 12.1 Å². The summed E-state index contributed by atoms with van der Waals surface area (Å²) < 4.78 is 18.0. The van der Waals surface area contributed by atoms with Gasteiger partial charge in [-0.3, -0.25) is 4.21 Å². The summed E-state index contributed by atoms with van der Waals surface area (Å²) in [5.74, 6) is 0.350. The Morgan fingerprint density at radius 2 is 2.17 bits per heavy atom. The van der Waals surface area contributed by atoms with E-state index in [4.69, 9.17) is 4.74 Å². The molecule has 2 heterocycles. The molecule has 23 heavy (non-hydrogen) atoms. The van der Waals surface area contributed by atoms with Gasteiger partial charge in [0.1, 0.15) is 5.60 Å². The van der Waals surface area contributed by atoms with Gasteiger partial charge < -0.3 is 9.64 Å². The molecule has 0 N–H and O–H groups in total. The lowest BCUT2D eigenvalue weighted by Crippen LogP contribution is -2.48. The monoisotopic (exact) mass is 339 g/mol. The van der Waals surface area contributed by atoms with Crippen molar-refractivity contribution in [3.63, 3.8) is 0 Å². The third-order valence-corrected chi connectivity index (χ3v) is 4.87. The van der Waals surface area contributed by atoms with Crippen molar-refractivity contribution in [1.29, 1.82) is 0 Å². The normalized spacial score (nSPS) is 20.2. The molecule has 0 bridgehead atoms. The highest BCUT2D eigenvalue weighted by atomic mass is 32.2. The Kier molecular flexibility index (Phi) is 5.73. The van der Waals surface area contributed by atoms with Gasteiger partial charge in [-0.2, -0.15) is 0 Å². The molecule has 2 rings (SSSR count). The number of aryl methyl sites for hydroxylation is 1. The molecule has 0 aliphatic carbocycles. The van der Waals surface area contributed by atoms with Gasteiger partial charge in [-0.15, -0.1) is 0 Å². The average molecular weight is 339 g/mol. The largest absolute Gasteiger partial charge is 0.444 e. The maximum atomic E-state index is 12.5. The second kappa shape index (κ2) is 7.38. The molecular formula is C16H25N3O3S. The predicted molar refractivity (Wildman–Crippen MR) is 88.6 cm³/mol. The van der Waals surface area contributed by atoms with E-state index in [9.17, 15) is 9.00 Å². The number of aromatic nitrogens is 2. The van der Waals surface area contributed by atoms with E-state index in [2.05, 4.69) is 9.97 Å². The van der Waals surface area contributed by atoms with E-state index in [1.54, 1.807) is 17.2 Å². The first-order valence-electron chi connectivity index (χ1n) is 7.94. The molecule has 1 aromatic heterocycles. The van der Waals surface area contributed by atoms with E-state index in [1.165, 1.54) is 0 Å². The molecule has 1 aliphatic rings. The van der Waals surface area contributed by atoms with Crippen LogP contribution in [0.2, 0.25) is 0 Å². The van der Waals surface area contributed by atoms with Gasteiger partial charge in [-0.25, -0.2) is 14.8 Å². The van der Waals surface area contributed by atoms with Crippen LogP contribution in [0, 0.1) is 6.92 Å². The van der Waals surface area contributed by atoms with Crippen LogP contribution < -0.4 is 0 Å². The molecule has 128 valence electrons. The Bertz CT molecular complexity index is 586. The van der Waals surface area contributed by atoms with Crippen LogP contribution in [0.25, 0.3) is 0 Å². The van der Waals surface area contributed by atoms with Gasteiger partial charge >= 0.3 is 6.09 Å². The number of amides is 1. The number of likely N-dealkylation sites (tertiary alicyclic amines) is 1. The first kappa shape index (κ1) is 17.8. The molecule has 0 spiro atoms. The molecular weight excluding hydrogens is 314 g/mol. The zero-order chi connectivity index (χ0) is 17.0. The molecule has 1 amide bonds. The molecule has 0 radical (unpaired) electrons. The topological polar surface area (TPSA) is 72.4 Å². The maximum Gasteiger partial charge on any atom is 0.410 e. The first-order valence-corrected chi connectivity index (χ1v) is 9.26. The van der Waals surface area contributed by atoms with Crippen molar-refractivity contribution in [3.05, 3.63) is 18.0 Å². The van der Waals surface area contributed by atoms with Crippen molar-refractivity contribution in [1.82, 2.24) is 14.9 Å². The number of rotatable bonds is 3. The summed E-state index contributed by atoms with van der Waals surface area (Å²) in [5.41, 5.74) is 0.258. The van der Waals surface area contributed by atoms with Crippen molar-refractivity contribution >= 4 is 16.9 Å². The van der Waals surface area contributed by atoms with Crippen LogP contribution in [0.1, 0.15) is 45.7 Å². The molecule has 1 saturated heterocycles. The second-order valence-corrected chi connectivity index (χ2v) is 8.21. The standard InChI is InChI=1S/C16H25N3O3S/c1-12-8-9-17-14(18-12)23(21)11-13-7-5-6-10-19(13)15(20)22-16(2,3)4/h8-9,13H,5-7,10-11H2,1-4H3/t13-,23+/m1/s1. The van der Waals surface area contributed by atoms with Crippen molar-refractivity contribution in [2.75, 3.05) is 12.3 Å². The Labute approximate surface area is 140 Å². The Morgan fingerprint density at radius 3 is 2.83 bits per heavy atom. The van der Waals surface area contributed by atoms with E-state index in [0.29, 0.717) is 17.5 Å². The number of carbonyl (C=O) groups is 1. The van der Waals surface area contributed by atoms with Gasteiger partial charge in [0.15, 0.2) is 0 Å². The number of ether oxygens (including phenoxy) is 1. The van der Waals surface area contributed by atoms with Crippen LogP contribution in [0.5, 0.6) is 0 Å². The molecule has 0 saturated carbocycles. The third kappa shape index (κ3) is 5.27. The van der Waals surface area contributed by atoms with Gasteiger partial charge in [0.05, 0.1) is 16.6 Å². The fourth-order valence-corrected chi connectivity index (χ4v) is 3.79. The van der Waals surface area contributed by atoms with Gasteiger partial charge in [-0.05, 0) is 53.0 Å². The lowest BCUT2D eigenvalue weighted by Gasteiger charge is -2.36.